The highest BCUT2D eigenvalue weighted by atomic mass is 15.2. The average Bonchev–Trinajstić information content (AvgIpc) is 2.75. The zero-order chi connectivity index (χ0) is 11.8. The first kappa shape index (κ1) is 14.0. The second kappa shape index (κ2) is 8.08. The van der Waals surface area contributed by atoms with E-state index in [1.165, 1.54) is 58.2 Å². The van der Waals surface area contributed by atoms with Crippen LogP contribution < -0.4 is 5.32 Å². The summed E-state index contributed by atoms with van der Waals surface area (Å²) in [5, 5.41) is 3.60. The Bertz CT molecular complexity index is 162. The summed E-state index contributed by atoms with van der Waals surface area (Å²) in [6.45, 7) is 10.7. The van der Waals surface area contributed by atoms with Gasteiger partial charge in [-0.25, -0.2) is 0 Å². The summed E-state index contributed by atoms with van der Waals surface area (Å²) in [5.74, 6) is 0. The van der Waals surface area contributed by atoms with Crippen molar-refractivity contribution >= 4 is 0 Å². The van der Waals surface area contributed by atoms with Gasteiger partial charge in [0.15, 0.2) is 0 Å². The third kappa shape index (κ3) is 5.31. The fourth-order valence-electron chi connectivity index (χ4n) is 2.50. The number of hydrogen-bond donors (Lipinski definition) is 1. The molecule has 0 saturated carbocycles. The van der Waals surface area contributed by atoms with Crippen molar-refractivity contribution in [2.45, 2.75) is 71.4 Å². The molecule has 0 bridgehead atoms. The molecule has 1 heterocycles. The predicted octanol–water partition coefficient (Wildman–Crippen LogP) is 3.03. The van der Waals surface area contributed by atoms with Crippen LogP contribution in [-0.2, 0) is 0 Å². The molecule has 1 atom stereocenters. The van der Waals surface area contributed by atoms with Crippen molar-refractivity contribution in [3.05, 3.63) is 0 Å². The van der Waals surface area contributed by atoms with Gasteiger partial charge in [-0.3, -0.25) is 4.90 Å². The van der Waals surface area contributed by atoms with Crippen LogP contribution in [0, 0.1) is 0 Å². The maximum absolute atomic E-state index is 3.60. The van der Waals surface area contributed by atoms with Crippen LogP contribution >= 0.6 is 0 Å². The Labute approximate surface area is 102 Å². The molecule has 0 aromatic carbocycles. The molecule has 1 rings (SSSR count). The van der Waals surface area contributed by atoms with Crippen LogP contribution in [0.1, 0.15) is 59.3 Å². The summed E-state index contributed by atoms with van der Waals surface area (Å²) >= 11 is 0. The lowest BCUT2D eigenvalue weighted by Gasteiger charge is -2.29. The van der Waals surface area contributed by atoms with Crippen LogP contribution in [0.15, 0.2) is 0 Å². The van der Waals surface area contributed by atoms with Crippen molar-refractivity contribution in [2.24, 2.45) is 0 Å². The number of unbranched alkanes of at least 4 members (excludes halogenated alkanes) is 3. The smallest absolute Gasteiger partial charge is 0.0195 e. The molecule has 1 N–H and O–H groups in total. The normalized spacial score (nSPS) is 21.2. The first-order valence-corrected chi connectivity index (χ1v) is 7.21. The highest BCUT2D eigenvalue weighted by molar-refractivity contribution is 4.79. The van der Waals surface area contributed by atoms with E-state index in [2.05, 4.69) is 31.0 Å². The van der Waals surface area contributed by atoms with Crippen molar-refractivity contribution in [2.75, 3.05) is 19.6 Å². The third-order valence-corrected chi connectivity index (χ3v) is 3.65. The molecule has 0 aromatic heterocycles. The van der Waals surface area contributed by atoms with E-state index >= 15 is 0 Å². The number of nitrogens with one attached hydrogen (secondary N) is 1. The fraction of sp³-hybridized carbons (Fsp3) is 1.00. The Hall–Kier alpha value is -0.0800. The Morgan fingerprint density at radius 2 is 2.06 bits per heavy atom. The molecule has 0 aromatic rings. The molecule has 0 aliphatic carbocycles. The fourth-order valence-corrected chi connectivity index (χ4v) is 2.50. The van der Waals surface area contributed by atoms with Gasteiger partial charge in [0.25, 0.3) is 0 Å². The molecule has 2 heteroatoms. The summed E-state index contributed by atoms with van der Waals surface area (Å²) in [4.78, 5) is 2.65. The molecule has 16 heavy (non-hydrogen) atoms. The van der Waals surface area contributed by atoms with Gasteiger partial charge in [0, 0.05) is 18.6 Å². The lowest BCUT2D eigenvalue weighted by Crippen LogP contribution is -2.41. The van der Waals surface area contributed by atoms with E-state index in [0.29, 0.717) is 6.04 Å². The van der Waals surface area contributed by atoms with Gasteiger partial charge in [-0.1, -0.05) is 26.2 Å². The molecule has 1 aliphatic rings. The van der Waals surface area contributed by atoms with E-state index in [0.717, 1.165) is 6.04 Å². The molecule has 1 saturated heterocycles. The second-order valence-corrected chi connectivity index (χ2v) is 5.44. The van der Waals surface area contributed by atoms with Crippen LogP contribution in [0.2, 0.25) is 0 Å². The van der Waals surface area contributed by atoms with Crippen molar-refractivity contribution in [3.8, 4) is 0 Å². The number of rotatable bonds is 8. The van der Waals surface area contributed by atoms with Gasteiger partial charge in [0.05, 0.1) is 0 Å². The van der Waals surface area contributed by atoms with Crippen LogP contribution in [0.4, 0.5) is 0 Å². The monoisotopic (exact) mass is 226 g/mol. The summed E-state index contributed by atoms with van der Waals surface area (Å²) in [6.07, 6.45) is 8.25. The molecular formula is C14H30N2. The minimum Gasteiger partial charge on any atom is -0.313 e. The topological polar surface area (TPSA) is 15.3 Å². The summed E-state index contributed by atoms with van der Waals surface area (Å²) in [7, 11) is 0. The minimum absolute atomic E-state index is 0.698. The molecule has 2 nitrogen and oxygen atoms in total. The lowest BCUT2D eigenvalue weighted by molar-refractivity contribution is 0.198. The summed E-state index contributed by atoms with van der Waals surface area (Å²) in [5.41, 5.74) is 0. The maximum Gasteiger partial charge on any atom is 0.0195 e. The second-order valence-electron chi connectivity index (χ2n) is 5.44. The van der Waals surface area contributed by atoms with Crippen molar-refractivity contribution in [3.63, 3.8) is 0 Å². The molecule has 1 unspecified atom stereocenters. The average molecular weight is 226 g/mol. The van der Waals surface area contributed by atoms with Gasteiger partial charge in [0.1, 0.15) is 0 Å². The SMILES string of the molecule is CCCCCCN(CC1CCCN1)C(C)C. The maximum atomic E-state index is 3.60. The molecular weight excluding hydrogens is 196 g/mol. The van der Waals surface area contributed by atoms with Gasteiger partial charge >= 0.3 is 0 Å². The number of hydrogen-bond acceptors (Lipinski definition) is 2. The van der Waals surface area contributed by atoms with Gasteiger partial charge in [0.2, 0.25) is 0 Å². The highest BCUT2D eigenvalue weighted by Gasteiger charge is 2.18. The number of nitrogens with zero attached hydrogens (tertiary/aromatic N) is 1. The summed E-state index contributed by atoms with van der Waals surface area (Å²) < 4.78 is 0. The molecule has 0 amide bonds. The minimum atomic E-state index is 0.698. The van der Waals surface area contributed by atoms with Crippen LogP contribution in [0.25, 0.3) is 0 Å². The van der Waals surface area contributed by atoms with Gasteiger partial charge in [-0.05, 0) is 46.2 Å². The van der Waals surface area contributed by atoms with E-state index in [9.17, 15) is 0 Å². The summed E-state index contributed by atoms with van der Waals surface area (Å²) in [6, 6.07) is 1.46. The van der Waals surface area contributed by atoms with Crippen molar-refractivity contribution < 1.29 is 0 Å². The Morgan fingerprint density at radius 1 is 1.25 bits per heavy atom. The lowest BCUT2D eigenvalue weighted by atomic mass is 10.1. The predicted molar refractivity (Wildman–Crippen MR) is 71.9 cm³/mol. The largest absolute Gasteiger partial charge is 0.313 e. The van der Waals surface area contributed by atoms with E-state index < -0.39 is 0 Å². The van der Waals surface area contributed by atoms with Crippen molar-refractivity contribution in [1.29, 1.82) is 0 Å². The van der Waals surface area contributed by atoms with Gasteiger partial charge in [-0.2, -0.15) is 0 Å². The molecule has 0 radical (unpaired) electrons. The third-order valence-electron chi connectivity index (χ3n) is 3.65. The van der Waals surface area contributed by atoms with Gasteiger partial charge in [-0.15, -0.1) is 0 Å². The van der Waals surface area contributed by atoms with E-state index in [4.69, 9.17) is 0 Å². The first-order valence-electron chi connectivity index (χ1n) is 7.21. The Kier molecular flexibility index (Phi) is 7.06. The highest BCUT2D eigenvalue weighted by Crippen LogP contribution is 2.11. The Balaban J connectivity index is 2.18. The van der Waals surface area contributed by atoms with Crippen LogP contribution in [0.5, 0.6) is 0 Å². The first-order chi connectivity index (χ1) is 7.74. The van der Waals surface area contributed by atoms with E-state index in [1.807, 2.05) is 0 Å². The standard InChI is InChI=1S/C14H30N2/c1-4-5-6-7-11-16(13(2)3)12-14-9-8-10-15-14/h13-15H,4-12H2,1-3H3. The van der Waals surface area contributed by atoms with Crippen LogP contribution in [-0.4, -0.2) is 36.6 Å². The van der Waals surface area contributed by atoms with E-state index in [1.54, 1.807) is 0 Å². The molecule has 0 spiro atoms. The zero-order valence-corrected chi connectivity index (χ0v) is 11.5. The zero-order valence-electron chi connectivity index (χ0n) is 11.5. The quantitative estimate of drug-likeness (QED) is 0.640. The van der Waals surface area contributed by atoms with E-state index in [-0.39, 0.29) is 0 Å². The molecule has 96 valence electrons. The molecule has 1 fully saturated rings. The van der Waals surface area contributed by atoms with Crippen molar-refractivity contribution in [1.82, 2.24) is 10.2 Å². The van der Waals surface area contributed by atoms with Crippen LogP contribution in [0.3, 0.4) is 0 Å². The Morgan fingerprint density at radius 3 is 2.62 bits per heavy atom. The van der Waals surface area contributed by atoms with Gasteiger partial charge < -0.3 is 5.32 Å². The molecule has 1 aliphatic heterocycles.